The molecule has 0 amide bonds. The van der Waals surface area contributed by atoms with Gasteiger partial charge in [-0.1, -0.05) is 24.8 Å². The molecular weight excluding hydrogens is 246 g/mol. The molecule has 2 aliphatic rings. The summed E-state index contributed by atoms with van der Waals surface area (Å²) in [6.45, 7) is 10.5. The smallest absolute Gasteiger partial charge is 0.0336 e. The molecule has 3 nitrogen and oxygen atoms in total. The molecule has 0 aromatic carbocycles. The molecule has 0 bridgehead atoms. The summed E-state index contributed by atoms with van der Waals surface area (Å²) in [5, 5.41) is 10.3. The second kappa shape index (κ2) is 8.08. The second-order valence-corrected chi connectivity index (χ2v) is 5.73. The standard InChI is InChI=1S/C17H27N3/c1-14-5-3-4-6-17(13-20-15(14)2)12-19-11-16-7-9-18-10-8-16/h3-5,13,16,18-20H,2,6-12H2,1H3/b4-3-,14-5-,17-13+. The number of rotatable bonds is 4. The topological polar surface area (TPSA) is 36.1 Å². The summed E-state index contributed by atoms with van der Waals surface area (Å²) < 4.78 is 0. The van der Waals surface area contributed by atoms with Crippen molar-refractivity contribution < 1.29 is 0 Å². The van der Waals surface area contributed by atoms with Crippen LogP contribution in [0.15, 0.2) is 47.9 Å². The highest BCUT2D eigenvalue weighted by atomic mass is 14.9. The van der Waals surface area contributed by atoms with Crippen molar-refractivity contribution in [2.75, 3.05) is 26.2 Å². The van der Waals surface area contributed by atoms with Crippen LogP contribution in [0.3, 0.4) is 0 Å². The minimum absolute atomic E-state index is 0.829. The molecule has 3 N–H and O–H groups in total. The van der Waals surface area contributed by atoms with Crippen LogP contribution in [-0.2, 0) is 0 Å². The first-order valence-corrected chi connectivity index (χ1v) is 7.64. The Kier molecular flexibility index (Phi) is 6.09. The van der Waals surface area contributed by atoms with Gasteiger partial charge in [0.05, 0.1) is 0 Å². The third-order valence-corrected chi connectivity index (χ3v) is 4.03. The number of allylic oxidation sites excluding steroid dienone is 4. The Balaban J connectivity index is 1.78. The Morgan fingerprint density at radius 1 is 1.35 bits per heavy atom. The Morgan fingerprint density at radius 2 is 2.15 bits per heavy atom. The van der Waals surface area contributed by atoms with E-state index in [1.807, 2.05) is 0 Å². The van der Waals surface area contributed by atoms with Crippen molar-refractivity contribution in [2.45, 2.75) is 26.2 Å². The number of nitrogens with one attached hydrogen (secondary N) is 3. The molecule has 0 unspecified atom stereocenters. The van der Waals surface area contributed by atoms with Gasteiger partial charge in [0, 0.05) is 18.4 Å². The third-order valence-electron chi connectivity index (χ3n) is 4.03. The Bertz CT molecular complexity index is 412. The Morgan fingerprint density at radius 3 is 2.95 bits per heavy atom. The first-order chi connectivity index (χ1) is 9.75. The van der Waals surface area contributed by atoms with Crippen LogP contribution in [0.4, 0.5) is 0 Å². The quantitative estimate of drug-likeness (QED) is 0.736. The lowest BCUT2D eigenvalue weighted by Gasteiger charge is -2.23. The van der Waals surface area contributed by atoms with Crippen molar-refractivity contribution in [1.29, 1.82) is 0 Å². The van der Waals surface area contributed by atoms with Gasteiger partial charge in [-0.3, -0.25) is 0 Å². The van der Waals surface area contributed by atoms with Crippen LogP contribution in [0.1, 0.15) is 26.2 Å². The average Bonchev–Trinajstić information content (AvgIpc) is 2.55. The molecule has 0 radical (unpaired) electrons. The van der Waals surface area contributed by atoms with Gasteiger partial charge >= 0.3 is 0 Å². The lowest BCUT2D eigenvalue weighted by molar-refractivity contribution is 0.360. The molecule has 0 saturated carbocycles. The fourth-order valence-electron chi connectivity index (χ4n) is 2.54. The lowest BCUT2D eigenvalue weighted by Crippen LogP contribution is -2.34. The van der Waals surface area contributed by atoms with E-state index in [0.717, 1.165) is 31.1 Å². The summed E-state index contributed by atoms with van der Waals surface area (Å²) in [5.74, 6) is 0.829. The number of hydrogen-bond acceptors (Lipinski definition) is 3. The summed E-state index contributed by atoms with van der Waals surface area (Å²) in [5.41, 5.74) is 3.54. The van der Waals surface area contributed by atoms with Crippen LogP contribution < -0.4 is 16.0 Å². The maximum Gasteiger partial charge on any atom is 0.0336 e. The van der Waals surface area contributed by atoms with E-state index >= 15 is 0 Å². The van der Waals surface area contributed by atoms with Gasteiger partial charge in [-0.05, 0) is 62.9 Å². The molecule has 0 aliphatic carbocycles. The summed E-state index contributed by atoms with van der Waals surface area (Å²) in [4.78, 5) is 0. The molecule has 1 fully saturated rings. The molecule has 2 heterocycles. The van der Waals surface area contributed by atoms with E-state index in [2.05, 4.69) is 53.9 Å². The molecule has 20 heavy (non-hydrogen) atoms. The molecule has 2 rings (SSSR count). The molecule has 0 atom stereocenters. The van der Waals surface area contributed by atoms with Gasteiger partial charge in [-0.25, -0.2) is 0 Å². The molecular formula is C17H27N3. The highest BCUT2D eigenvalue weighted by molar-refractivity contribution is 5.31. The van der Waals surface area contributed by atoms with Crippen LogP contribution in [0.5, 0.6) is 0 Å². The minimum Gasteiger partial charge on any atom is -0.362 e. The van der Waals surface area contributed by atoms with E-state index in [9.17, 15) is 0 Å². The molecule has 3 heteroatoms. The molecule has 2 aliphatic heterocycles. The van der Waals surface area contributed by atoms with Gasteiger partial charge in [0.2, 0.25) is 0 Å². The van der Waals surface area contributed by atoms with Gasteiger partial charge in [-0.15, -0.1) is 0 Å². The van der Waals surface area contributed by atoms with E-state index in [4.69, 9.17) is 0 Å². The fraction of sp³-hybridized carbons (Fsp3) is 0.529. The Labute approximate surface area is 122 Å². The summed E-state index contributed by atoms with van der Waals surface area (Å²) in [7, 11) is 0. The zero-order valence-corrected chi connectivity index (χ0v) is 12.5. The van der Waals surface area contributed by atoms with E-state index in [-0.39, 0.29) is 0 Å². The summed E-state index contributed by atoms with van der Waals surface area (Å²) in [6.07, 6.45) is 12.1. The van der Waals surface area contributed by atoms with Crippen LogP contribution in [-0.4, -0.2) is 26.2 Å². The maximum atomic E-state index is 4.04. The van der Waals surface area contributed by atoms with E-state index in [0.29, 0.717) is 0 Å². The molecule has 0 spiro atoms. The van der Waals surface area contributed by atoms with Crippen molar-refractivity contribution in [3.05, 3.63) is 47.9 Å². The fourth-order valence-corrected chi connectivity index (χ4v) is 2.54. The maximum absolute atomic E-state index is 4.04. The highest BCUT2D eigenvalue weighted by Gasteiger charge is 2.12. The van der Waals surface area contributed by atoms with E-state index < -0.39 is 0 Å². The van der Waals surface area contributed by atoms with Gasteiger partial charge < -0.3 is 16.0 Å². The first-order valence-electron chi connectivity index (χ1n) is 7.64. The SMILES string of the molecule is C=C1N/C=C(/CNCC2CCNCC2)C/C=C\C=C/1C. The summed E-state index contributed by atoms with van der Waals surface area (Å²) in [6, 6.07) is 0. The molecule has 0 aromatic heterocycles. The van der Waals surface area contributed by atoms with Crippen molar-refractivity contribution >= 4 is 0 Å². The van der Waals surface area contributed by atoms with Gasteiger partial charge in [0.25, 0.3) is 0 Å². The average molecular weight is 273 g/mol. The van der Waals surface area contributed by atoms with Crippen LogP contribution in [0.2, 0.25) is 0 Å². The lowest BCUT2D eigenvalue weighted by atomic mass is 9.98. The highest BCUT2D eigenvalue weighted by Crippen LogP contribution is 2.11. The predicted molar refractivity (Wildman–Crippen MR) is 86.3 cm³/mol. The molecule has 0 aromatic rings. The minimum atomic E-state index is 0.829. The van der Waals surface area contributed by atoms with E-state index in [1.165, 1.54) is 37.1 Å². The van der Waals surface area contributed by atoms with Gasteiger partial charge in [0.1, 0.15) is 0 Å². The van der Waals surface area contributed by atoms with Crippen molar-refractivity contribution in [3.8, 4) is 0 Å². The summed E-state index contributed by atoms with van der Waals surface area (Å²) >= 11 is 0. The van der Waals surface area contributed by atoms with Crippen molar-refractivity contribution in [2.24, 2.45) is 5.92 Å². The van der Waals surface area contributed by atoms with Gasteiger partial charge in [0.15, 0.2) is 0 Å². The third kappa shape index (κ3) is 4.99. The molecule has 110 valence electrons. The van der Waals surface area contributed by atoms with Crippen molar-refractivity contribution in [1.82, 2.24) is 16.0 Å². The monoisotopic (exact) mass is 273 g/mol. The molecule has 1 saturated heterocycles. The zero-order chi connectivity index (χ0) is 14.2. The van der Waals surface area contributed by atoms with Gasteiger partial charge in [-0.2, -0.15) is 0 Å². The second-order valence-electron chi connectivity index (χ2n) is 5.73. The first kappa shape index (κ1) is 15.1. The number of piperidine rings is 1. The zero-order valence-electron chi connectivity index (χ0n) is 12.5. The normalized spacial score (nSPS) is 28.1. The van der Waals surface area contributed by atoms with Crippen LogP contribution in [0.25, 0.3) is 0 Å². The van der Waals surface area contributed by atoms with E-state index in [1.54, 1.807) is 0 Å². The van der Waals surface area contributed by atoms with Crippen molar-refractivity contribution in [3.63, 3.8) is 0 Å². The Hall–Kier alpha value is -1.32. The van der Waals surface area contributed by atoms with Crippen LogP contribution >= 0.6 is 0 Å². The predicted octanol–water partition coefficient (Wildman–Crippen LogP) is 2.47. The van der Waals surface area contributed by atoms with Crippen LogP contribution in [0, 0.1) is 5.92 Å². The number of hydrogen-bond donors (Lipinski definition) is 3. The largest absolute Gasteiger partial charge is 0.362 e.